The summed E-state index contributed by atoms with van der Waals surface area (Å²) in [6.07, 6.45) is -5.89. The predicted molar refractivity (Wildman–Crippen MR) is 49.1 cm³/mol. The molecule has 1 aromatic rings. The normalized spacial score (nSPS) is 10.9. The summed E-state index contributed by atoms with van der Waals surface area (Å²) in [5, 5.41) is 1.90. The molecule has 8 heteroatoms. The van der Waals surface area contributed by atoms with Gasteiger partial charge in [0.2, 0.25) is 0 Å². The molecule has 0 heterocycles. The fourth-order valence-electron chi connectivity index (χ4n) is 0.958. The van der Waals surface area contributed by atoms with Crippen LogP contribution in [0.4, 0.5) is 28.0 Å². The third-order valence-corrected chi connectivity index (χ3v) is 1.59. The van der Waals surface area contributed by atoms with Crippen molar-refractivity contribution in [1.29, 1.82) is 0 Å². The molecule has 0 aliphatic heterocycles. The van der Waals surface area contributed by atoms with Gasteiger partial charge >= 0.3 is 12.5 Å². The van der Waals surface area contributed by atoms with Gasteiger partial charge in [0.15, 0.2) is 0 Å². The summed E-state index contributed by atoms with van der Waals surface area (Å²) in [7, 11) is 1.03. The first-order valence-electron chi connectivity index (χ1n) is 4.22. The van der Waals surface area contributed by atoms with Crippen molar-refractivity contribution in [1.82, 2.24) is 0 Å². The number of methoxy groups -OCH3 is 1. The Morgan fingerprint density at radius 3 is 2.53 bits per heavy atom. The number of alkyl halides is 3. The first-order chi connectivity index (χ1) is 7.81. The number of amides is 1. The summed E-state index contributed by atoms with van der Waals surface area (Å²) < 4.78 is 56.4. The van der Waals surface area contributed by atoms with Crippen LogP contribution in [0.15, 0.2) is 18.2 Å². The Balaban J connectivity index is 2.90. The molecule has 1 rings (SSSR count). The molecule has 17 heavy (non-hydrogen) atoms. The van der Waals surface area contributed by atoms with E-state index in [1.54, 1.807) is 0 Å². The van der Waals surface area contributed by atoms with Crippen LogP contribution >= 0.6 is 0 Å². The van der Waals surface area contributed by atoms with Crippen molar-refractivity contribution in [3.63, 3.8) is 0 Å². The minimum Gasteiger partial charge on any atom is -0.453 e. The lowest BCUT2D eigenvalue weighted by Gasteiger charge is -2.11. The summed E-state index contributed by atoms with van der Waals surface area (Å²) in [4.78, 5) is 10.8. The number of nitrogens with one attached hydrogen (secondary N) is 1. The molecular weight excluding hydrogens is 246 g/mol. The van der Waals surface area contributed by atoms with E-state index >= 15 is 0 Å². The van der Waals surface area contributed by atoms with Crippen LogP contribution < -0.4 is 10.1 Å². The highest BCUT2D eigenvalue weighted by Crippen LogP contribution is 2.26. The molecule has 0 aliphatic carbocycles. The zero-order chi connectivity index (χ0) is 13.1. The molecule has 1 amide bonds. The Labute approximate surface area is 93.1 Å². The van der Waals surface area contributed by atoms with Gasteiger partial charge in [0.05, 0.1) is 12.8 Å². The molecule has 0 aromatic heterocycles. The molecule has 0 radical (unpaired) electrons. The van der Waals surface area contributed by atoms with Crippen LogP contribution in [-0.4, -0.2) is 19.6 Å². The molecule has 1 aromatic carbocycles. The first kappa shape index (κ1) is 13.1. The van der Waals surface area contributed by atoms with Crippen molar-refractivity contribution >= 4 is 11.8 Å². The summed E-state index contributed by atoms with van der Waals surface area (Å²) in [6.45, 7) is 0. The minimum atomic E-state index is -4.89. The third kappa shape index (κ3) is 4.17. The fraction of sp³-hybridized carbons (Fsp3) is 0.222. The Hall–Kier alpha value is -1.99. The van der Waals surface area contributed by atoms with Gasteiger partial charge in [-0.3, -0.25) is 5.32 Å². The summed E-state index contributed by atoms with van der Waals surface area (Å²) in [6, 6.07) is 2.21. The van der Waals surface area contributed by atoms with E-state index in [1.165, 1.54) is 0 Å². The van der Waals surface area contributed by atoms with E-state index in [9.17, 15) is 22.4 Å². The van der Waals surface area contributed by atoms with E-state index in [0.29, 0.717) is 6.07 Å². The number of hydrogen-bond acceptors (Lipinski definition) is 3. The van der Waals surface area contributed by atoms with E-state index in [2.05, 4.69) is 9.47 Å². The van der Waals surface area contributed by atoms with Gasteiger partial charge in [-0.1, -0.05) is 0 Å². The Morgan fingerprint density at radius 1 is 1.35 bits per heavy atom. The van der Waals surface area contributed by atoms with Crippen LogP contribution in [-0.2, 0) is 4.74 Å². The molecule has 0 saturated carbocycles. The van der Waals surface area contributed by atoms with Gasteiger partial charge in [-0.05, 0) is 12.1 Å². The number of hydrogen-bond donors (Lipinski definition) is 1. The van der Waals surface area contributed by atoms with Gasteiger partial charge in [-0.25, -0.2) is 9.18 Å². The molecule has 94 valence electrons. The second kappa shape index (κ2) is 4.89. The number of ether oxygens (including phenoxy) is 2. The van der Waals surface area contributed by atoms with Gasteiger partial charge in [-0.2, -0.15) is 0 Å². The van der Waals surface area contributed by atoms with E-state index in [4.69, 9.17) is 0 Å². The molecule has 0 aliphatic rings. The molecule has 0 fully saturated rings. The molecule has 0 bridgehead atoms. The Morgan fingerprint density at radius 2 is 2.00 bits per heavy atom. The number of carbonyl (C=O) groups excluding carboxylic acids is 1. The zero-order valence-electron chi connectivity index (χ0n) is 8.47. The largest absolute Gasteiger partial charge is 0.573 e. The quantitative estimate of drug-likeness (QED) is 0.824. The van der Waals surface area contributed by atoms with Crippen molar-refractivity contribution in [2.24, 2.45) is 0 Å². The Kier molecular flexibility index (Phi) is 3.77. The van der Waals surface area contributed by atoms with Crippen molar-refractivity contribution in [3.05, 3.63) is 24.0 Å². The Bertz CT molecular complexity index is 419. The highest BCUT2D eigenvalue weighted by atomic mass is 19.4. The average Bonchev–Trinajstić information content (AvgIpc) is 2.20. The predicted octanol–water partition coefficient (Wildman–Crippen LogP) is 2.90. The average molecular weight is 253 g/mol. The molecule has 0 saturated heterocycles. The number of rotatable bonds is 2. The van der Waals surface area contributed by atoms with Gasteiger partial charge in [0.25, 0.3) is 0 Å². The van der Waals surface area contributed by atoms with Crippen molar-refractivity contribution < 1.29 is 31.8 Å². The maximum Gasteiger partial charge on any atom is 0.573 e. The second-order valence-electron chi connectivity index (χ2n) is 2.81. The van der Waals surface area contributed by atoms with Gasteiger partial charge in [0, 0.05) is 6.07 Å². The molecule has 0 unspecified atom stereocenters. The van der Waals surface area contributed by atoms with Gasteiger partial charge in [0.1, 0.15) is 11.6 Å². The lowest BCUT2D eigenvalue weighted by atomic mass is 10.3. The van der Waals surface area contributed by atoms with Crippen LogP contribution in [0.1, 0.15) is 0 Å². The van der Waals surface area contributed by atoms with Gasteiger partial charge in [-0.15, -0.1) is 13.2 Å². The smallest absolute Gasteiger partial charge is 0.453 e. The standard InChI is InChI=1S/C9H7F4NO3/c1-16-8(15)14-7-4-5(2-3-6(7)10)17-9(11,12)13/h2-4H,1H3,(H,14,15). The van der Waals surface area contributed by atoms with Crippen LogP contribution in [0.25, 0.3) is 0 Å². The third-order valence-electron chi connectivity index (χ3n) is 1.59. The SMILES string of the molecule is COC(=O)Nc1cc(OC(F)(F)F)ccc1F. The van der Waals surface area contributed by atoms with Crippen LogP contribution in [0.3, 0.4) is 0 Å². The monoisotopic (exact) mass is 253 g/mol. The van der Waals surface area contributed by atoms with Crippen LogP contribution in [0, 0.1) is 5.82 Å². The topological polar surface area (TPSA) is 47.6 Å². The number of benzene rings is 1. The highest BCUT2D eigenvalue weighted by molar-refractivity contribution is 5.84. The lowest BCUT2D eigenvalue weighted by Crippen LogP contribution is -2.18. The molecule has 0 spiro atoms. The maximum absolute atomic E-state index is 13.1. The molecular formula is C9H7F4NO3. The molecule has 0 atom stereocenters. The first-order valence-corrected chi connectivity index (χ1v) is 4.22. The van der Waals surface area contributed by atoms with Crippen LogP contribution in [0.2, 0.25) is 0 Å². The second-order valence-corrected chi connectivity index (χ2v) is 2.81. The highest BCUT2D eigenvalue weighted by Gasteiger charge is 2.31. The van der Waals surface area contributed by atoms with E-state index in [1.807, 2.05) is 5.32 Å². The van der Waals surface area contributed by atoms with Crippen LogP contribution in [0.5, 0.6) is 5.75 Å². The number of anilines is 1. The van der Waals surface area contributed by atoms with E-state index < -0.39 is 29.7 Å². The molecule has 4 nitrogen and oxygen atoms in total. The maximum atomic E-state index is 13.1. The summed E-state index contributed by atoms with van der Waals surface area (Å²) in [5.41, 5.74) is -0.474. The summed E-state index contributed by atoms with van der Waals surface area (Å²) >= 11 is 0. The van der Waals surface area contributed by atoms with E-state index in [0.717, 1.165) is 19.2 Å². The lowest BCUT2D eigenvalue weighted by molar-refractivity contribution is -0.274. The van der Waals surface area contributed by atoms with Crippen molar-refractivity contribution in [3.8, 4) is 5.75 Å². The minimum absolute atomic E-state index is 0.474. The fourth-order valence-corrected chi connectivity index (χ4v) is 0.958. The number of halogens is 4. The van der Waals surface area contributed by atoms with E-state index in [-0.39, 0.29) is 0 Å². The molecule has 1 N–H and O–H groups in total. The van der Waals surface area contributed by atoms with Crippen molar-refractivity contribution in [2.45, 2.75) is 6.36 Å². The van der Waals surface area contributed by atoms with Crippen molar-refractivity contribution in [2.75, 3.05) is 12.4 Å². The zero-order valence-corrected chi connectivity index (χ0v) is 8.47. The van der Waals surface area contributed by atoms with Gasteiger partial charge < -0.3 is 9.47 Å². The number of carbonyl (C=O) groups is 1. The summed E-state index contributed by atoms with van der Waals surface area (Å²) in [5.74, 6) is -1.56.